The second kappa shape index (κ2) is 5.60. The molecule has 18 heavy (non-hydrogen) atoms. The van der Waals surface area contributed by atoms with Crippen molar-refractivity contribution < 1.29 is 9.90 Å². The number of carboxylic acids is 1. The summed E-state index contributed by atoms with van der Waals surface area (Å²) in [5.74, 6) is 0.904. The molecule has 2 fully saturated rings. The van der Waals surface area contributed by atoms with Gasteiger partial charge in [0, 0.05) is 12.1 Å². The zero-order chi connectivity index (χ0) is 13.3. The molecule has 2 aliphatic rings. The van der Waals surface area contributed by atoms with Crippen LogP contribution in [0.4, 0.5) is 0 Å². The van der Waals surface area contributed by atoms with Gasteiger partial charge in [0.05, 0.1) is 5.92 Å². The lowest BCUT2D eigenvalue weighted by atomic mass is 9.77. The van der Waals surface area contributed by atoms with Crippen LogP contribution in [0.15, 0.2) is 0 Å². The van der Waals surface area contributed by atoms with Crippen molar-refractivity contribution in [1.29, 1.82) is 0 Å². The van der Waals surface area contributed by atoms with E-state index in [-0.39, 0.29) is 5.92 Å². The molecule has 3 nitrogen and oxygen atoms in total. The van der Waals surface area contributed by atoms with E-state index < -0.39 is 5.97 Å². The van der Waals surface area contributed by atoms with Crippen molar-refractivity contribution in [3.05, 3.63) is 0 Å². The molecule has 0 aromatic heterocycles. The number of hydrogen-bond acceptors (Lipinski definition) is 2. The molecule has 5 unspecified atom stereocenters. The van der Waals surface area contributed by atoms with E-state index in [9.17, 15) is 4.79 Å². The van der Waals surface area contributed by atoms with Crippen LogP contribution in [-0.2, 0) is 4.79 Å². The molecule has 2 rings (SSSR count). The Balaban J connectivity index is 1.96. The van der Waals surface area contributed by atoms with Gasteiger partial charge in [0.1, 0.15) is 0 Å². The maximum absolute atomic E-state index is 11.1. The average molecular weight is 253 g/mol. The summed E-state index contributed by atoms with van der Waals surface area (Å²) < 4.78 is 0. The number of aliphatic carboxylic acids is 1. The van der Waals surface area contributed by atoms with E-state index in [4.69, 9.17) is 5.11 Å². The van der Waals surface area contributed by atoms with Crippen LogP contribution >= 0.6 is 0 Å². The third-order valence-electron chi connectivity index (χ3n) is 5.09. The molecule has 104 valence electrons. The molecule has 1 aliphatic heterocycles. The average Bonchev–Trinajstić information content (AvgIpc) is 2.30. The summed E-state index contributed by atoms with van der Waals surface area (Å²) >= 11 is 0. The van der Waals surface area contributed by atoms with E-state index in [1.54, 1.807) is 0 Å². The molecule has 1 N–H and O–H groups in total. The maximum Gasteiger partial charge on any atom is 0.306 e. The maximum atomic E-state index is 11.1. The highest BCUT2D eigenvalue weighted by Crippen LogP contribution is 2.35. The smallest absolute Gasteiger partial charge is 0.306 e. The number of likely N-dealkylation sites (tertiary alicyclic amines) is 1. The van der Waals surface area contributed by atoms with E-state index in [1.165, 1.54) is 19.3 Å². The van der Waals surface area contributed by atoms with Crippen molar-refractivity contribution in [2.75, 3.05) is 6.54 Å². The fourth-order valence-electron chi connectivity index (χ4n) is 4.05. The third kappa shape index (κ3) is 2.87. The van der Waals surface area contributed by atoms with Gasteiger partial charge in [0.15, 0.2) is 0 Å². The minimum atomic E-state index is -0.605. The number of rotatable bonds is 2. The molecule has 3 heteroatoms. The van der Waals surface area contributed by atoms with Crippen LogP contribution in [-0.4, -0.2) is 34.6 Å². The molecule has 0 aromatic rings. The molecule has 0 spiro atoms. The molecular weight excluding hydrogens is 226 g/mol. The number of nitrogens with zero attached hydrogens (tertiary/aromatic N) is 1. The molecule has 1 aliphatic carbocycles. The Kier molecular flexibility index (Phi) is 4.31. The van der Waals surface area contributed by atoms with Crippen LogP contribution < -0.4 is 0 Å². The molecule has 5 atom stereocenters. The molecule has 0 bridgehead atoms. The molecule has 1 saturated heterocycles. The van der Waals surface area contributed by atoms with Gasteiger partial charge in [-0.05, 0) is 57.4 Å². The van der Waals surface area contributed by atoms with E-state index in [2.05, 4.69) is 25.7 Å². The largest absolute Gasteiger partial charge is 0.481 e. The quantitative estimate of drug-likeness (QED) is 0.822. The first-order valence-corrected chi connectivity index (χ1v) is 7.47. The van der Waals surface area contributed by atoms with Gasteiger partial charge >= 0.3 is 5.97 Å². The Morgan fingerprint density at radius 1 is 1.11 bits per heavy atom. The fourth-order valence-corrected chi connectivity index (χ4v) is 4.05. The van der Waals surface area contributed by atoms with Crippen LogP contribution in [0, 0.1) is 17.8 Å². The molecular formula is C15H27NO2. The topological polar surface area (TPSA) is 40.5 Å². The Morgan fingerprint density at radius 2 is 1.83 bits per heavy atom. The number of carbonyl (C=O) groups is 1. The van der Waals surface area contributed by atoms with Crippen molar-refractivity contribution in [2.24, 2.45) is 17.8 Å². The third-order valence-corrected chi connectivity index (χ3v) is 5.09. The van der Waals surface area contributed by atoms with Crippen LogP contribution in [0.1, 0.15) is 52.9 Å². The lowest BCUT2D eigenvalue weighted by molar-refractivity contribution is -0.144. The number of piperidine rings is 1. The van der Waals surface area contributed by atoms with E-state index in [0.717, 1.165) is 31.2 Å². The summed E-state index contributed by atoms with van der Waals surface area (Å²) in [5, 5.41) is 9.12. The first-order chi connectivity index (χ1) is 8.49. The molecule has 1 heterocycles. The van der Waals surface area contributed by atoms with E-state index in [0.29, 0.717) is 12.1 Å². The predicted molar refractivity (Wildman–Crippen MR) is 72.5 cm³/mol. The van der Waals surface area contributed by atoms with Gasteiger partial charge in [0.25, 0.3) is 0 Å². The van der Waals surface area contributed by atoms with E-state index >= 15 is 0 Å². The Bertz CT molecular complexity index is 305. The van der Waals surface area contributed by atoms with Crippen molar-refractivity contribution >= 4 is 5.97 Å². The van der Waals surface area contributed by atoms with Crippen molar-refractivity contribution in [2.45, 2.75) is 65.0 Å². The minimum Gasteiger partial charge on any atom is -0.481 e. The van der Waals surface area contributed by atoms with Crippen molar-refractivity contribution in [1.82, 2.24) is 4.90 Å². The molecule has 0 amide bonds. The highest BCUT2D eigenvalue weighted by Gasteiger charge is 2.37. The van der Waals surface area contributed by atoms with Gasteiger partial charge in [-0.3, -0.25) is 9.69 Å². The Labute approximate surface area is 111 Å². The van der Waals surface area contributed by atoms with Crippen LogP contribution in [0.5, 0.6) is 0 Å². The second-order valence-corrected chi connectivity index (χ2v) is 6.61. The van der Waals surface area contributed by atoms with Gasteiger partial charge < -0.3 is 5.11 Å². The highest BCUT2D eigenvalue weighted by molar-refractivity contribution is 5.70. The standard InChI is InChI=1S/C15H27NO2/c1-10-4-5-14(11(2)8-10)16-7-6-13(15(17)18)9-12(16)3/h10-14H,4-9H2,1-3H3,(H,17,18). The van der Waals surface area contributed by atoms with Crippen LogP contribution in [0.2, 0.25) is 0 Å². The minimum absolute atomic E-state index is 0.117. The van der Waals surface area contributed by atoms with Gasteiger partial charge in [-0.15, -0.1) is 0 Å². The summed E-state index contributed by atoms with van der Waals surface area (Å²) in [7, 11) is 0. The van der Waals surface area contributed by atoms with Crippen LogP contribution in [0.25, 0.3) is 0 Å². The lowest BCUT2D eigenvalue weighted by Gasteiger charge is -2.46. The highest BCUT2D eigenvalue weighted by atomic mass is 16.4. The monoisotopic (exact) mass is 253 g/mol. The lowest BCUT2D eigenvalue weighted by Crippen LogP contribution is -2.51. The molecule has 0 aromatic carbocycles. The van der Waals surface area contributed by atoms with Gasteiger partial charge in [-0.1, -0.05) is 13.8 Å². The SMILES string of the molecule is CC1CCC(N2CCC(C(=O)O)CC2C)C(C)C1. The summed E-state index contributed by atoms with van der Waals surface area (Å²) in [4.78, 5) is 13.7. The van der Waals surface area contributed by atoms with Gasteiger partial charge in [-0.2, -0.15) is 0 Å². The Morgan fingerprint density at radius 3 is 2.39 bits per heavy atom. The van der Waals surface area contributed by atoms with Gasteiger partial charge in [0.2, 0.25) is 0 Å². The summed E-state index contributed by atoms with van der Waals surface area (Å²) in [6, 6.07) is 1.12. The predicted octanol–water partition coefficient (Wildman–Crippen LogP) is 3.00. The molecule has 1 saturated carbocycles. The second-order valence-electron chi connectivity index (χ2n) is 6.61. The fraction of sp³-hybridized carbons (Fsp3) is 0.933. The zero-order valence-corrected chi connectivity index (χ0v) is 11.9. The summed E-state index contributed by atoms with van der Waals surface area (Å²) in [5.41, 5.74) is 0. The first kappa shape index (κ1) is 13.9. The summed E-state index contributed by atoms with van der Waals surface area (Å²) in [6.07, 6.45) is 5.62. The zero-order valence-electron chi connectivity index (χ0n) is 11.9. The number of hydrogen-bond donors (Lipinski definition) is 1. The molecule has 0 radical (unpaired) electrons. The van der Waals surface area contributed by atoms with Gasteiger partial charge in [-0.25, -0.2) is 0 Å². The van der Waals surface area contributed by atoms with Crippen molar-refractivity contribution in [3.8, 4) is 0 Å². The first-order valence-electron chi connectivity index (χ1n) is 7.47. The van der Waals surface area contributed by atoms with Crippen LogP contribution in [0.3, 0.4) is 0 Å². The van der Waals surface area contributed by atoms with Crippen molar-refractivity contribution in [3.63, 3.8) is 0 Å². The van der Waals surface area contributed by atoms with E-state index in [1.807, 2.05) is 0 Å². The normalized spacial score (nSPS) is 42.7. The Hall–Kier alpha value is -0.570. The number of carboxylic acid groups (broad SMARTS) is 1. The summed E-state index contributed by atoms with van der Waals surface area (Å²) in [6.45, 7) is 7.91.